The summed E-state index contributed by atoms with van der Waals surface area (Å²) in [6.07, 6.45) is -0.313. The summed E-state index contributed by atoms with van der Waals surface area (Å²) < 4.78 is 39.0. The number of unbranched alkanes of at least 4 members (excludes halogenated alkanes) is 1. The Balaban J connectivity index is 2.88. The molecule has 0 aliphatic heterocycles. The molecule has 0 saturated carbocycles. The Labute approximate surface area is 396 Å². The summed E-state index contributed by atoms with van der Waals surface area (Å²) in [4.78, 5) is 86.8. The first-order chi connectivity index (χ1) is 31.5. The highest BCUT2D eigenvalue weighted by atomic mass is 16.6. The minimum Gasteiger partial charge on any atom is -0.445 e. The van der Waals surface area contributed by atoms with Crippen LogP contribution < -0.4 is 37.2 Å². The number of benzene rings is 1. The Morgan fingerprint density at radius 2 is 0.761 bits per heavy atom. The van der Waals surface area contributed by atoms with Crippen molar-refractivity contribution in [3.63, 3.8) is 0 Å². The molecule has 1 rings (SSSR count). The van der Waals surface area contributed by atoms with Crippen molar-refractivity contribution in [3.05, 3.63) is 35.9 Å². The number of ether oxygens (including phenoxy) is 7. The van der Waals surface area contributed by atoms with Gasteiger partial charge in [0.15, 0.2) is 0 Å². The maximum atomic E-state index is 13.3. The molecule has 0 aliphatic rings. The van der Waals surface area contributed by atoms with Crippen LogP contribution in [0, 0.1) is 0 Å². The minimum absolute atomic E-state index is 0.00661. The molecule has 0 unspecified atom stereocenters. The van der Waals surface area contributed by atoms with Crippen LogP contribution in [-0.2, 0) is 54.1 Å². The average molecular weight is 954 g/mol. The summed E-state index contributed by atoms with van der Waals surface area (Å²) in [7, 11) is 0. The molecule has 0 saturated heterocycles. The molecular weight excluding hydrogens is 875 g/mol. The number of alkyl carbamates (subject to hydrolysis) is 4. The molecule has 0 spiro atoms. The molecule has 0 fully saturated rings. The number of carbonyl (C=O) groups is 7. The van der Waals surface area contributed by atoms with Crippen molar-refractivity contribution in [1.29, 1.82) is 0 Å². The van der Waals surface area contributed by atoms with Gasteiger partial charge in [-0.05, 0) is 93.6 Å². The first-order valence-corrected chi connectivity index (χ1v) is 22.9. The molecule has 0 bridgehead atoms. The Morgan fingerprint density at radius 3 is 1.12 bits per heavy atom. The zero-order valence-corrected chi connectivity index (χ0v) is 41.2. The smallest absolute Gasteiger partial charge is 0.408 e. The van der Waals surface area contributed by atoms with Crippen molar-refractivity contribution in [2.45, 2.75) is 136 Å². The van der Waals surface area contributed by atoms with E-state index in [9.17, 15) is 33.6 Å². The van der Waals surface area contributed by atoms with Crippen molar-refractivity contribution in [1.82, 2.24) is 37.2 Å². The fraction of sp³-hybridized carbons (Fsp3) is 0.717. The fourth-order valence-electron chi connectivity index (χ4n) is 5.40. The van der Waals surface area contributed by atoms with Gasteiger partial charge in [-0.1, -0.05) is 30.3 Å². The van der Waals surface area contributed by atoms with Gasteiger partial charge in [0.25, 0.3) is 0 Å². The van der Waals surface area contributed by atoms with Crippen LogP contribution in [0.1, 0.15) is 113 Å². The number of rotatable bonds is 31. The van der Waals surface area contributed by atoms with Crippen LogP contribution >= 0.6 is 0 Å². The predicted octanol–water partition coefficient (Wildman–Crippen LogP) is 4.35. The molecule has 0 aliphatic carbocycles. The van der Waals surface area contributed by atoms with Gasteiger partial charge in [-0.25, -0.2) is 19.2 Å². The second kappa shape index (κ2) is 32.3. The molecule has 1 aromatic rings. The summed E-state index contributed by atoms with van der Waals surface area (Å²) >= 11 is 0. The van der Waals surface area contributed by atoms with E-state index in [4.69, 9.17) is 33.2 Å². The molecule has 382 valence electrons. The number of hydrogen-bond acceptors (Lipinski definition) is 14. The predicted molar refractivity (Wildman–Crippen MR) is 249 cm³/mol. The first-order valence-electron chi connectivity index (χ1n) is 22.9. The van der Waals surface area contributed by atoms with Crippen molar-refractivity contribution < 1.29 is 66.7 Å². The van der Waals surface area contributed by atoms with E-state index >= 15 is 0 Å². The largest absolute Gasteiger partial charge is 0.445 e. The van der Waals surface area contributed by atoms with Gasteiger partial charge in [0.05, 0.1) is 39.6 Å². The third kappa shape index (κ3) is 35.5. The fourth-order valence-corrected chi connectivity index (χ4v) is 5.40. The van der Waals surface area contributed by atoms with E-state index in [1.54, 1.807) is 74.4 Å². The number of amides is 7. The van der Waals surface area contributed by atoms with Gasteiger partial charge in [0.1, 0.15) is 28.9 Å². The van der Waals surface area contributed by atoms with Crippen molar-refractivity contribution in [2.75, 3.05) is 78.9 Å². The normalized spacial score (nSPS) is 11.7. The molecule has 7 N–H and O–H groups in total. The van der Waals surface area contributed by atoms with Gasteiger partial charge < -0.3 is 70.4 Å². The molecule has 67 heavy (non-hydrogen) atoms. The number of hydrogen-bond donors (Lipinski definition) is 7. The summed E-state index contributed by atoms with van der Waals surface area (Å²) in [5, 5.41) is 19.1. The van der Waals surface area contributed by atoms with Gasteiger partial charge in [-0.3, -0.25) is 14.4 Å². The quantitative estimate of drug-likeness (QED) is 0.0403. The van der Waals surface area contributed by atoms with E-state index in [1.807, 2.05) is 18.2 Å². The monoisotopic (exact) mass is 954 g/mol. The number of carbonyl (C=O) groups excluding carboxylic acids is 7. The lowest BCUT2D eigenvalue weighted by Crippen LogP contribution is -2.59. The lowest BCUT2D eigenvalue weighted by molar-refractivity contribution is -0.122. The van der Waals surface area contributed by atoms with E-state index in [0.29, 0.717) is 65.0 Å². The maximum absolute atomic E-state index is 13.3. The van der Waals surface area contributed by atoms with Crippen molar-refractivity contribution in [3.8, 4) is 0 Å². The van der Waals surface area contributed by atoms with Crippen LogP contribution in [0.2, 0.25) is 0 Å². The zero-order chi connectivity index (χ0) is 50.2. The van der Waals surface area contributed by atoms with Crippen LogP contribution in [0.5, 0.6) is 0 Å². The van der Waals surface area contributed by atoms with Crippen LogP contribution in [0.25, 0.3) is 0 Å². The Kier molecular flexibility index (Phi) is 28.8. The Bertz CT molecular complexity index is 1570. The van der Waals surface area contributed by atoms with Crippen LogP contribution in [0.3, 0.4) is 0 Å². The van der Waals surface area contributed by atoms with E-state index in [2.05, 4.69) is 37.2 Å². The number of nitrogens with one attached hydrogen (secondary N) is 7. The van der Waals surface area contributed by atoms with Gasteiger partial charge in [-0.15, -0.1) is 0 Å². The summed E-state index contributed by atoms with van der Waals surface area (Å²) in [6, 6.07) is 9.05. The van der Waals surface area contributed by atoms with E-state index in [0.717, 1.165) is 5.56 Å². The Hall–Kier alpha value is -5.41. The highest BCUT2D eigenvalue weighted by Crippen LogP contribution is 2.13. The summed E-state index contributed by atoms with van der Waals surface area (Å²) in [6.45, 7) is 17.1. The topological polar surface area (TPSA) is 268 Å². The van der Waals surface area contributed by atoms with E-state index in [1.165, 1.54) is 0 Å². The van der Waals surface area contributed by atoms with Crippen LogP contribution in [0.4, 0.5) is 19.2 Å². The zero-order valence-electron chi connectivity index (χ0n) is 41.2. The van der Waals surface area contributed by atoms with Crippen LogP contribution in [-0.4, -0.2) is 143 Å². The molecule has 1 aromatic carbocycles. The lowest BCUT2D eigenvalue weighted by Gasteiger charge is -2.33. The van der Waals surface area contributed by atoms with E-state index < -0.39 is 46.7 Å². The van der Waals surface area contributed by atoms with Gasteiger partial charge >= 0.3 is 24.4 Å². The van der Waals surface area contributed by atoms with Gasteiger partial charge in [0, 0.05) is 58.5 Å². The van der Waals surface area contributed by atoms with Crippen molar-refractivity contribution in [2.24, 2.45) is 0 Å². The molecule has 0 atom stereocenters. The third-order valence-corrected chi connectivity index (χ3v) is 8.42. The van der Waals surface area contributed by atoms with E-state index in [-0.39, 0.29) is 83.2 Å². The van der Waals surface area contributed by atoms with Crippen molar-refractivity contribution >= 4 is 42.1 Å². The third-order valence-electron chi connectivity index (χ3n) is 8.42. The Morgan fingerprint density at radius 1 is 0.433 bits per heavy atom. The lowest BCUT2D eigenvalue weighted by atomic mass is 10.0. The first kappa shape index (κ1) is 59.6. The van der Waals surface area contributed by atoms with Crippen LogP contribution in [0.15, 0.2) is 30.3 Å². The molecule has 21 heteroatoms. The standard InChI is InChI=1S/C46H79N7O14/c1-43(2,3)65-39(57)50-23-14-13-22-47-36(54)19-28-61-32-46(53-42(60)64-31-35-17-11-10-12-18-35,33-62-29-20-37(55)48-24-15-26-51-40(58)66-44(4,5)6)34-63-30-21-38(56)49-25-16-27-52-41(59)67-45(7,8)9/h10-12,17-18H,13-16,19-34H2,1-9H3,(H,47,54)(H,48,55)(H,49,56)(H,50,57)(H,51,58)(H,52,59)(H,53,60). The highest BCUT2D eigenvalue weighted by molar-refractivity contribution is 5.76. The molecule has 7 amide bonds. The second-order valence-electron chi connectivity index (χ2n) is 18.6. The molecule has 0 radical (unpaired) electrons. The molecule has 0 heterocycles. The van der Waals surface area contributed by atoms with Gasteiger partial charge in [-0.2, -0.15) is 0 Å². The SMILES string of the molecule is CC(C)(C)OC(=O)NCCCCNC(=O)CCOCC(COCCC(=O)NCCCNC(=O)OC(C)(C)C)(COCCC(=O)NCCCNC(=O)OC(C)(C)C)NC(=O)OCc1ccccc1. The summed E-state index contributed by atoms with van der Waals surface area (Å²) in [5.74, 6) is -0.878. The maximum Gasteiger partial charge on any atom is 0.408 e. The van der Waals surface area contributed by atoms with Gasteiger partial charge in [0.2, 0.25) is 17.7 Å². The summed E-state index contributed by atoms with van der Waals surface area (Å²) in [5.41, 5.74) is -2.51. The second-order valence-corrected chi connectivity index (χ2v) is 18.6. The minimum atomic E-state index is -1.40. The highest BCUT2D eigenvalue weighted by Gasteiger charge is 2.35. The molecule has 21 nitrogen and oxygen atoms in total. The average Bonchev–Trinajstić information content (AvgIpc) is 3.21. The molecule has 0 aromatic heterocycles. The molecular formula is C46H79N7O14.